The van der Waals surface area contributed by atoms with Crippen molar-refractivity contribution in [1.82, 2.24) is 4.90 Å². The van der Waals surface area contributed by atoms with Crippen LogP contribution in [0.1, 0.15) is 50.5 Å². The van der Waals surface area contributed by atoms with Crippen molar-refractivity contribution < 1.29 is 19.3 Å². The Labute approximate surface area is 138 Å². The quantitative estimate of drug-likeness (QED) is 0.807. The topological polar surface area (TPSA) is 59.0 Å². The summed E-state index contributed by atoms with van der Waals surface area (Å²) in [5.41, 5.74) is 0.646. The number of hydrogen-bond donors (Lipinski definition) is 1. The average molecular weight is 318 g/mol. The van der Waals surface area contributed by atoms with E-state index in [2.05, 4.69) is 0 Å². The van der Waals surface area contributed by atoms with Gasteiger partial charge in [0.25, 0.3) is 5.91 Å². The number of rotatable bonds is 6. The second-order valence-electron chi connectivity index (χ2n) is 6.88. The number of hydrogen-bond acceptors (Lipinski definition) is 4. The maximum atomic E-state index is 12.3. The first-order chi connectivity index (χ1) is 10.6. The van der Waals surface area contributed by atoms with E-state index < -0.39 is 11.2 Å². The van der Waals surface area contributed by atoms with E-state index in [1.165, 1.54) is 0 Å². The summed E-state index contributed by atoms with van der Waals surface area (Å²) in [7, 11) is 3.17. The normalized spacial score (nSPS) is 14.9. The SMILES string of the molecule is CCN1Cc2cc([B]OC(C)(C)C(C)(C)O)cc(OC)c2C1=O. The number of fused-ring (bicyclic) bond motifs is 1. The maximum Gasteiger partial charge on any atom is 0.331 e. The van der Waals surface area contributed by atoms with Crippen LogP contribution in [0.2, 0.25) is 0 Å². The number of aliphatic hydroxyl groups is 1. The van der Waals surface area contributed by atoms with Gasteiger partial charge in [0.15, 0.2) is 0 Å². The third kappa shape index (κ3) is 3.38. The first-order valence-corrected chi connectivity index (χ1v) is 7.84. The summed E-state index contributed by atoms with van der Waals surface area (Å²) < 4.78 is 11.2. The van der Waals surface area contributed by atoms with Gasteiger partial charge in [-0.2, -0.15) is 0 Å². The molecule has 0 aromatic heterocycles. The third-order valence-corrected chi connectivity index (χ3v) is 4.63. The molecule has 1 radical (unpaired) electrons. The molecule has 0 unspecified atom stereocenters. The van der Waals surface area contributed by atoms with E-state index in [1.807, 2.05) is 26.8 Å². The zero-order chi connectivity index (χ0) is 17.4. The van der Waals surface area contributed by atoms with E-state index in [4.69, 9.17) is 9.39 Å². The number of nitrogens with zero attached hydrogens (tertiary/aromatic N) is 1. The number of ether oxygens (including phenoxy) is 1. The van der Waals surface area contributed by atoms with Crippen molar-refractivity contribution in [2.45, 2.75) is 52.4 Å². The van der Waals surface area contributed by atoms with Gasteiger partial charge in [0, 0.05) is 13.1 Å². The molecule has 1 aliphatic heterocycles. The Morgan fingerprint density at radius 2 is 1.96 bits per heavy atom. The maximum absolute atomic E-state index is 12.3. The fourth-order valence-corrected chi connectivity index (χ4v) is 2.34. The Bertz CT molecular complexity index is 607. The monoisotopic (exact) mass is 318 g/mol. The zero-order valence-electron chi connectivity index (χ0n) is 14.8. The summed E-state index contributed by atoms with van der Waals surface area (Å²) in [4.78, 5) is 14.1. The van der Waals surface area contributed by atoms with Gasteiger partial charge in [-0.05, 0) is 51.7 Å². The summed E-state index contributed by atoms with van der Waals surface area (Å²) in [6, 6.07) is 3.72. The summed E-state index contributed by atoms with van der Waals surface area (Å²) in [5.74, 6) is 0.558. The molecule has 0 spiro atoms. The van der Waals surface area contributed by atoms with Gasteiger partial charge in [-0.3, -0.25) is 4.79 Å². The molecule has 0 saturated heterocycles. The van der Waals surface area contributed by atoms with Crippen LogP contribution in [0.15, 0.2) is 12.1 Å². The lowest BCUT2D eigenvalue weighted by Gasteiger charge is -2.37. The molecule has 0 fully saturated rings. The van der Waals surface area contributed by atoms with Crippen molar-refractivity contribution in [2.75, 3.05) is 13.7 Å². The zero-order valence-corrected chi connectivity index (χ0v) is 14.8. The Morgan fingerprint density at radius 3 is 2.48 bits per heavy atom. The molecule has 0 bridgehead atoms. The molecule has 0 atom stereocenters. The minimum absolute atomic E-state index is 0.00337. The van der Waals surface area contributed by atoms with Crippen molar-refractivity contribution >= 4 is 18.9 Å². The molecule has 0 saturated carbocycles. The van der Waals surface area contributed by atoms with Crippen LogP contribution < -0.4 is 10.2 Å². The van der Waals surface area contributed by atoms with Gasteiger partial charge in [-0.15, -0.1) is 0 Å². The summed E-state index contributed by atoms with van der Waals surface area (Å²) in [5, 5.41) is 10.2. The first-order valence-electron chi connectivity index (χ1n) is 7.84. The van der Waals surface area contributed by atoms with Crippen molar-refractivity contribution in [2.24, 2.45) is 0 Å². The molecule has 23 heavy (non-hydrogen) atoms. The minimum Gasteiger partial charge on any atom is -0.496 e. The number of benzene rings is 1. The van der Waals surface area contributed by atoms with E-state index in [1.54, 1.807) is 39.4 Å². The average Bonchev–Trinajstić information content (AvgIpc) is 2.79. The Kier molecular flexibility index (Phi) is 4.78. The molecule has 1 aromatic rings. The van der Waals surface area contributed by atoms with Crippen LogP contribution in [0.4, 0.5) is 0 Å². The number of methoxy groups -OCH3 is 1. The van der Waals surface area contributed by atoms with Gasteiger partial charge >= 0.3 is 7.48 Å². The summed E-state index contributed by atoms with van der Waals surface area (Å²) >= 11 is 0. The van der Waals surface area contributed by atoms with Gasteiger partial charge < -0.3 is 19.4 Å². The van der Waals surface area contributed by atoms with Gasteiger partial charge in [-0.1, -0.05) is 6.07 Å². The van der Waals surface area contributed by atoms with Crippen LogP contribution in [-0.4, -0.2) is 48.3 Å². The predicted molar refractivity (Wildman–Crippen MR) is 90.3 cm³/mol. The van der Waals surface area contributed by atoms with E-state index in [-0.39, 0.29) is 5.91 Å². The second kappa shape index (κ2) is 6.17. The number of carbonyl (C=O) groups is 1. The first kappa shape index (κ1) is 17.8. The van der Waals surface area contributed by atoms with Crippen molar-refractivity contribution in [1.29, 1.82) is 0 Å². The van der Waals surface area contributed by atoms with Crippen molar-refractivity contribution in [3.05, 3.63) is 23.3 Å². The highest BCUT2D eigenvalue weighted by atomic mass is 16.5. The number of carbonyl (C=O) groups excluding carboxylic acids is 1. The van der Waals surface area contributed by atoms with Gasteiger partial charge in [0.1, 0.15) is 5.75 Å². The molecule has 1 N–H and O–H groups in total. The van der Waals surface area contributed by atoms with Crippen LogP contribution in [0.5, 0.6) is 5.75 Å². The summed E-state index contributed by atoms with van der Waals surface area (Å²) in [6.45, 7) is 10.3. The molecule has 1 aliphatic rings. The standard InChI is InChI=1S/C17H25BNO4/c1-7-19-10-11-8-12(9-13(22-6)14(11)15(19)20)18-23-17(4,5)16(2,3)21/h8-9,21H,7,10H2,1-6H3. The third-order valence-electron chi connectivity index (χ3n) is 4.63. The molecule has 1 aromatic carbocycles. The highest BCUT2D eigenvalue weighted by Gasteiger charge is 2.36. The molecular weight excluding hydrogens is 293 g/mol. The van der Waals surface area contributed by atoms with E-state index in [0.717, 1.165) is 11.0 Å². The van der Waals surface area contributed by atoms with Crippen molar-refractivity contribution in [3.8, 4) is 5.75 Å². The van der Waals surface area contributed by atoms with Crippen LogP contribution in [0.3, 0.4) is 0 Å². The second-order valence-corrected chi connectivity index (χ2v) is 6.88. The van der Waals surface area contributed by atoms with Gasteiger partial charge in [-0.25, -0.2) is 0 Å². The highest BCUT2D eigenvalue weighted by Crippen LogP contribution is 2.30. The molecule has 5 nitrogen and oxygen atoms in total. The Balaban J connectivity index is 2.25. The summed E-state index contributed by atoms with van der Waals surface area (Å²) in [6.07, 6.45) is 0. The molecular formula is C17H25BNO4. The van der Waals surface area contributed by atoms with Crippen LogP contribution in [0, 0.1) is 0 Å². The number of amides is 1. The molecule has 6 heteroatoms. The Morgan fingerprint density at radius 1 is 1.30 bits per heavy atom. The lowest BCUT2D eigenvalue weighted by molar-refractivity contribution is -0.0893. The lowest BCUT2D eigenvalue weighted by Crippen LogP contribution is -2.49. The van der Waals surface area contributed by atoms with E-state index in [9.17, 15) is 9.90 Å². The fraction of sp³-hybridized carbons (Fsp3) is 0.588. The van der Waals surface area contributed by atoms with E-state index >= 15 is 0 Å². The molecule has 0 aliphatic carbocycles. The predicted octanol–water partition coefficient (Wildman–Crippen LogP) is 1.48. The van der Waals surface area contributed by atoms with Crippen molar-refractivity contribution in [3.63, 3.8) is 0 Å². The fourth-order valence-electron chi connectivity index (χ4n) is 2.34. The Hall–Kier alpha value is -1.53. The highest BCUT2D eigenvalue weighted by molar-refractivity contribution is 6.47. The smallest absolute Gasteiger partial charge is 0.331 e. The molecule has 125 valence electrons. The van der Waals surface area contributed by atoms with E-state index in [0.29, 0.717) is 24.4 Å². The minimum atomic E-state index is -0.987. The van der Waals surface area contributed by atoms with Crippen LogP contribution in [0.25, 0.3) is 0 Å². The van der Waals surface area contributed by atoms with Gasteiger partial charge in [0.2, 0.25) is 0 Å². The molecule has 1 amide bonds. The lowest BCUT2D eigenvalue weighted by atomic mass is 9.81. The van der Waals surface area contributed by atoms with Crippen LogP contribution in [-0.2, 0) is 11.2 Å². The van der Waals surface area contributed by atoms with Crippen LogP contribution >= 0.6 is 0 Å². The molecule has 1 heterocycles. The molecule has 2 rings (SSSR count). The largest absolute Gasteiger partial charge is 0.496 e. The van der Waals surface area contributed by atoms with Gasteiger partial charge in [0.05, 0.1) is 23.9 Å².